The van der Waals surface area contributed by atoms with Crippen LogP contribution in [-0.4, -0.2) is 11.1 Å². The molecule has 10 aromatic rings. The number of nitriles is 1. The van der Waals surface area contributed by atoms with E-state index in [2.05, 4.69) is 178 Å². The second kappa shape index (κ2) is 11.5. The van der Waals surface area contributed by atoms with Crippen LogP contribution in [0.3, 0.4) is 0 Å². The Labute approximate surface area is 306 Å². The van der Waals surface area contributed by atoms with Gasteiger partial charge in [-0.3, -0.25) is 0 Å². The number of hydrogen-bond donors (Lipinski definition) is 0. The Morgan fingerprint density at radius 3 is 2.04 bits per heavy atom. The van der Waals surface area contributed by atoms with Crippen LogP contribution in [0.25, 0.3) is 59.8 Å². The zero-order chi connectivity index (χ0) is 35.0. The molecular weight excluding hydrogens is 645 g/mol. The highest BCUT2D eigenvalue weighted by molar-refractivity contribution is 6.28. The first-order valence-electron chi connectivity index (χ1n) is 18.2. The average Bonchev–Trinajstić information content (AvgIpc) is 3.80. The van der Waals surface area contributed by atoms with Crippen molar-refractivity contribution in [2.75, 3.05) is 16.3 Å². The molecule has 4 heteroatoms. The maximum atomic E-state index is 9.70. The van der Waals surface area contributed by atoms with E-state index >= 15 is 0 Å². The monoisotopic (exact) mass is 676 g/mol. The van der Waals surface area contributed by atoms with E-state index in [1.807, 2.05) is 12.1 Å². The molecule has 0 saturated heterocycles. The van der Waals surface area contributed by atoms with Gasteiger partial charge in [-0.1, -0.05) is 91.0 Å². The van der Waals surface area contributed by atoms with E-state index in [0.29, 0.717) is 5.56 Å². The number of aromatic nitrogens is 1. The third kappa shape index (κ3) is 4.41. The molecule has 1 aromatic heterocycles. The summed E-state index contributed by atoms with van der Waals surface area (Å²) >= 11 is 0. The van der Waals surface area contributed by atoms with Crippen molar-refractivity contribution in [2.45, 2.75) is 6.42 Å². The first kappa shape index (κ1) is 29.6. The molecule has 248 valence electrons. The van der Waals surface area contributed by atoms with Crippen LogP contribution in [0.2, 0.25) is 0 Å². The van der Waals surface area contributed by atoms with E-state index in [1.165, 1.54) is 65.5 Å². The molecule has 1 aliphatic heterocycles. The van der Waals surface area contributed by atoms with Crippen LogP contribution in [-0.2, 0) is 6.42 Å². The van der Waals surface area contributed by atoms with Crippen molar-refractivity contribution in [1.82, 2.24) is 4.57 Å². The molecule has 0 N–H and O–H groups in total. The van der Waals surface area contributed by atoms with Gasteiger partial charge >= 0.3 is 0 Å². The second-order valence-electron chi connectivity index (χ2n) is 14.0. The average molecular weight is 677 g/mol. The van der Waals surface area contributed by atoms with E-state index in [0.717, 1.165) is 41.2 Å². The van der Waals surface area contributed by atoms with Crippen LogP contribution in [0.1, 0.15) is 11.1 Å². The van der Waals surface area contributed by atoms with Crippen molar-refractivity contribution in [3.63, 3.8) is 0 Å². The molecule has 2 heterocycles. The number of benzene rings is 9. The van der Waals surface area contributed by atoms with Crippen molar-refractivity contribution < 1.29 is 0 Å². The maximum absolute atomic E-state index is 9.70. The Kier molecular flexibility index (Phi) is 6.41. The Balaban J connectivity index is 1.16. The highest BCUT2D eigenvalue weighted by Gasteiger charge is 2.24. The highest BCUT2D eigenvalue weighted by atomic mass is 15.2. The van der Waals surface area contributed by atoms with Crippen molar-refractivity contribution in [1.29, 1.82) is 5.26 Å². The summed E-state index contributed by atoms with van der Waals surface area (Å²) in [6, 6.07) is 63.4. The van der Waals surface area contributed by atoms with Crippen LogP contribution >= 0.6 is 0 Å². The van der Waals surface area contributed by atoms with Gasteiger partial charge in [0.1, 0.15) is 0 Å². The molecule has 0 saturated carbocycles. The van der Waals surface area contributed by atoms with E-state index in [-0.39, 0.29) is 0 Å². The lowest BCUT2D eigenvalue weighted by atomic mass is 9.92. The number of hydrogen-bond acceptors (Lipinski definition) is 3. The van der Waals surface area contributed by atoms with E-state index in [9.17, 15) is 5.26 Å². The van der Waals surface area contributed by atoms with Gasteiger partial charge < -0.3 is 14.4 Å². The summed E-state index contributed by atoms with van der Waals surface area (Å²) in [5.74, 6) is 0. The van der Waals surface area contributed by atoms with Gasteiger partial charge in [-0.25, -0.2) is 0 Å². The minimum Gasteiger partial charge on any atom is -0.340 e. The lowest BCUT2D eigenvalue weighted by molar-refractivity contribution is 1.00. The zero-order valence-corrected chi connectivity index (χ0v) is 28.9. The summed E-state index contributed by atoms with van der Waals surface area (Å²) in [4.78, 5) is 4.85. The molecule has 0 fully saturated rings. The highest BCUT2D eigenvalue weighted by Crippen LogP contribution is 2.48. The fourth-order valence-corrected chi connectivity index (χ4v) is 8.86. The number of fused-ring (bicyclic) bond motifs is 4. The lowest BCUT2D eigenvalue weighted by Gasteiger charge is -2.28. The number of rotatable bonds is 5. The number of anilines is 5. The summed E-state index contributed by atoms with van der Waals surface area (Å²) in [6.45, 7) is 0.976. The summed E-state index contributed by atoms with van der Waals surface area (Å²) in [5, 5.41) is 19.6. The Morgan fingerprint density at radius 2 is 1.19 bits per heavy atom. The van der Waals surface area contributed by atoms with Crippen molar-refractivity contribution in [3.8, 4) is 11.8 Å². The molecule has 0 spiro atoms. The molecule has 0 radical (unpaired) electrons. The SMILES string of the molecule is N#Cc1ccc(N(c2ccc3c(c2)c2ccccc2n3-c2ccccc2)c2ccc3ccc4c(N5CCc6ccccc65)ccc5ccc2c3c54)cc1. The molecule has 0 bridgehead atoms. The van der Waals surface area contributed by atoms with Gasteiger partial charge in [0.05, 0.1) is 28.4 Å². The fourth-order valence-electron chi connectivity index (χ4n) is 8.86. The first-order chi connectivity index (χ1) is 26.2. The summed E-state index contributed by atoms with van der Waals surface area (Å²) in [7, 11) is 0. The quantitative estimate of drug-likeness (QED) is 0.170. The Bertz CT molecular complexity index is 3080. The number of nitrogens with zero attached hydrogens (tertiary/aromatic N) is 4. The third-order valence-electron chi connectivity index (χ3n) is 11.2. The molecule has 9 aromatic carbocycles. The predicted octanol–water partition coefficient (Wildman–Crippen LogP) is 12.7. The van der Waals surface area contributed by atoms with Crippen LogP contribution in [0.15, 0.2) is 170 Å². The first-order valence-corrected chi connectivity index (χ1v) is 18.2. The Morgan fingerprint density at radius 1 is 0.509 bits per heavy atom. The third-order valence-corrected chi connectivity index (χ3v) is 11.2. The molecular formula is C49H32N4. The molecule has 11 rings (SSSR count). The minimum atomic E-state index is 0.640. The van der Waals surface area contributed by atoms with Gasteiger partial charge in [0.15, 0.2) is 0 Å². The second-order valence-corrected chi connectivity index (χ2v) is 14.0. The molecule has 53 heavy (non-hydrogen) atoms. The molecule has 1 aliphatic rings. The van der Waals surface area contributed by atoms with Crippen LogP contribution < -0.4 is 9.80 Å². The van der Waals surface area contributed by atoms with E-state index < -0.39 is 0 Å². The Hall–Kier alpha value is -7.09. The normalized spacial score (nSPS) is 12.7. The zero-order valence-electron chi connectivity index (χ0n) is 28.9. The fraction of sp³-hybridized carbons (Fsp3) is 0.0408. The molecule has 0 atom stereocenters. The summed E-state index contributed by atoms with van der Waals surface area (Å²) in [5.41, 5.74) is 11.2. The summed E-state index contributed by atoms with van der Waals surface area (Å²) in [6.07, 6.45) is 1.05. The molecule has 4 nitrogen and oxygen atoms in total. The largest absolute Gasteiger partial charge is 0.340 e. The summed E-state index contributed by atoms with van der Waals surface area (Å²) < 4.78 is 2.35. The topological polar surface area (TPSA) is 35.2 Å². The van der Waals surface area contributed by atoms with E-state index in [4.69, 9.17) is 0 Å². The maximum Gasteiger partial charge on any atom is 0.0991 e. The van der Waals surface area contributed by atoms with Gasteiger partial charge in [0, 0.05) is 56.5 Å². The number of para-hydroxylation sites is 3. The minimum absolute atomic E-state index is 0.640. The van der Waals surface area contributed by atoms with Crippen LogP contribution in [0.5, 0.6) is 0 Å². The predicted molar refractivity (Wildman–Crippen MR) is 221 cm³/mol. The van der Waals surface area contributed by atoms with Gasteiger partial charge in [0.2, 0.25) is 0 Å². The van der Waals surface area contributed by atoms with Crippen molar-refractivity contribution >= 4 is 82.6 Å². The smallest absolute Gasteiger partial charge is 0.0991 e. The van der Waals surface area contributed by atoms with Gasteiger partial charge in [-0.15, -0.1) is 0 Å². The van der Waals surface area contributed by atoms with Crippen LogP contribution in [0.4, 0.5) is 28.4 Å². The molecule has 0 amide bonds. The standard InChI is InChI=1S/C49H32N4/c50-31-32-14-20-37(21-15-32)52(38-22-27-47-42(30-38)39-11-5-7-13-45(39)53(47)36-9-2-1-3-10-36)46-26-19-35-16-23-40-44(51-29-28-33-8-4-6-12-43(33)51)25-18-34-17-24-41(46)49(35)48(34)40/h1-27,30H,28-29H2. The van der Waals surface area contributed by atoms with Crippen molar-refractivity contribution in [3.05, 3.63) is 181 Å². The van der Waals surface area contributed by atoms with Gasteiger partial charge in [0.25, 0.3) is 0 Å². The van der Waals surface area contributed by atoms with Crippen LogP contribution in [0, 0.1) is 11.3 Å². The van der Waals surface area contributed by atoms with E-state index in [1.54, 1.807) is 0 Å². The van der Waals surface area contributed by atoms with Crippen molar-refractivity contribution in [2.24, 2.45) is 0 Å². The molecule has 0 unspecified atom stereocenters. The molecule has 0 aliphatic carbocycles. The van der Waals surface area contributed by atoms with Gasteiger partial charge in [-0.2, -0.15) is 5.26 Å². The lowest BCUT2D eigenvalue weighted by Crippen LogP contribution is -2.13. The van der Waals surface area contributed by atoms with Gasteiger partial charge in [-0.05, 0) is 112 Å².